The molecule has 174 valence electrons. The van der Waals surface area contributed by atoms with Gasteiger partial charge in [0.05, 0.1) is 20.5 Å². The number of methoxy groups -OCH3 is 2. The second-order valence-corrected chi connectivity index (χ2v) is 8.64. The van der Waals surface area contributed by atoms with E-state index in [4.69, 9.17) is 14.2 Å². The highest BCUT2D eigenvalue weighted by Gasteiger charge is 2.30. The second kappa shape index (κ2) is 9.34. The first-order chi connectivity index (χ1) is 16.6. The van der Waals surface area contributed by atoms with Crippen molar-refractivity contribution in [2.24, 2.45) is 0 Å². The fourth-order valence-corrected chi connectivity index (χ4v) is 4.89. The summed E-state index contributed by atoms with van der Waals surface area (Å²) in [5.41, 5.74) is 3.53. The van der Waals surface area contributed by atoms with Crippen LogP contribution in [0.3, 0.4) is 0 Å². The Balaban J connectivity index is 1.52. The lowest BCUT2D eigenvalue weighted by Gasteiger charge is -2.16. The number of aliphatic hydroxyl groups excluding tert-OH is 1. The average molecular weight is 479 g/mol. The molecule has 0 bridgehead atoms. The molecular formula is C24H22N4O5S. The SMILES string of the molecule is COc1ccc(C2CC(Sc3ncnc4nc[nH]c34)=C(c3ccc(C(O)O)cc3)O2)cc1OC. The Kier molecular flexibility index (Phi) is 6.10. The van der Waals surface area contributed by atoms with Gasteiger partial charge in [0.25, 0.3) is 0 Å². The van der Waals surface area contributed by atoms with Gasteiger partial charge in [-0.2, -0.15) is 0 Å². The standard InChI is InChI=1S/C24H22N4O5S/c1-31-16-8-7-15(9-18(16)32-2)17-10-19(34-23-20-22(26-11-25-20)27-12-28-23)21(33-17)13-3-5-14(6-4-13)24(29)30/h3-9,11-12,17,24,29-30H,10H2,1-2H3,(H,25,26,27,28). The first-order valence-electron chi connectivity index (χ1n) is 10.5. The van der Waals surface area contributed by atoms with Gasteiger partial charge in [-0.15, -0.1) is 0 Å². The molecule has 0 aliphatic carbocycles. The minimum atomic E-state index is -1.53. The molecule has 0 fully saturated rings. The number of ether oxygens (including phenoxy) is 3. The Bertz CT molecular complexity index is 1350. The maximum absolute atomic E-state index is 9.45. The average Bonchev–Trinajstić information content (AvgIpc) is 3.51. The highest BCUT2D eigenvalue weighted by atomic mass is 32.2. The van der Waals surface area contributed by atoms with Gasteiger partial charge in [-0.1, -0.05) is 42.1 Å². The molecule has 0 spiro atoms. The summed E-state index contributed by atoms with van der Waals surface area (Å²) in [5, 5.41) is 19.6. The molecule has 2 aromatic carbocycles. The van der Waals surface area contributed by atoms with Crippen LogP contribution in [0.1, 0.15) is 35.5 Å². The lowest BCUT2D eigenvalue weighted by Crippen LogP contribution is -2.00. The Morgan fingerprint density at radius 2 is 1.82 bits per heavy atom. The van der Waals surface area contributed by atoms with Crippen molar-refractivity contribution in [2.45, 2.75) is 23.8 Å². The first kappa shape index (κ1) is 22.2. The summed E-state index contributed by atoms with van der Waals surface area (Å²) in [6, 6.07) is 12.7. The number of benzene rings is 2. The largest absolute Gasteiger partial charge is 0.493 e. The number of hydrogen-bond donors (Lipinski definition) is 3. The maximum Gasteiger partial charge on any atom is 0.181 e. The third kappa shape index (κ3) is 4.18. The first-order valence-corrected chi connectivity index (χ1v) is 11.3. The Morgan fingerprint density at radius 1 is 1.03 bits per heavy atom. The molecular weight excluding hydrogens is 456 g/mol. The van der Waals surface area contributed by atoms with Crippen molar-refractivity contribution in [1.29, 1.82) is 0 Å². The molecule has 0 radical (unpaired) electrons. The second-order valence-electron chi connectivity index (χ2n) is 7.56. The summed E-state index contributed by atoms with van der Waals surface area (Å²) in [5.74, 6) is 1.98. The van der Waals surface area contributed by atoms with Crippen LogP contribution in [-0.4, -0.2) is 44.4 Å². The van der Waals surface area contributed by atoms with Gasteiger partial charge in [0, 0.05) is 22.5 Å². The molecule has 0 saturated carbocycles. The van der Waals surface area contributed by atoms with Crippen LogP contribution in [-0.2, 0) is 4.74 Å². The van der Waals surface area contributed by atoms with E-state index in [0.717, 1.165) is 26.6 Å². The van der Waals surface area contributed by atoms with Gasteiger partial charge in [0.15, 0.2) is 23.4 Å². The van der Waals surface area contributed by atoms with Crippen molar-refractivity contribution in [3.05, 3.63) is 76.7 Å². The molecule has 3 heterocycles. The highest BCUT2D eigenvalue weighted by molar-refractivity contribution is 8.03. The zero-order valence-corrected chi connectivity index (χ0v) is 19.2. The summed E-state index contributed by atoms with van der Waals surface area (Å²) >= 11 is 1.49. The molecule has 9 nitrogen and oxygen atoms in total. The van der Waals surface area contributed by atoms with Crippen LogP contribution in [0.15, 0.2) is 65.1 Å². The van der Waals surface area contributed by atoms with Crippen molar-refractivity contribution in [1.82, 2.24) is 19.9 Å². The molecule has 0 saturated heterocycles. The van der Waals surface area contributed by atoms with E-state index in [2.05, 4.69) is 19.9 Å². The van der Waals surface area contributed by atoms with E-state index < -0.39 is 6.29 Å². The summed E-state index contributed by atoms with van der Waals surface area (Å²) in [7, 11) is 3.20. The molecule has 34 heavy (non-hydrogen) atoms. The molecule has 10 heteroatoms. The van der Waals surface area contributed by atoms with Crippen LogP contribution in [0.4, 0.5) is 0 Å². The number of aromatic nitrogens is 4. The van der Waals surface area contributed by atoms with Gasteiger partial charge in [0.1, 0.15) is 28.7 Å². The molecule has 1 aliphatic heterocycles. The Morgan fingerprint density at radius 3 is 2.56 bits per heavy atom. The zero-order chi connectivity index (χ0) is 23.7. The summed E-state index contributed by atoms with van der Waals surface area (Å²) in [6.07, 6.45) is 1.91. The number of nitrogens with zero attached hydrogens (tertiary/aromatic N) is 3. The number of imidazole rings is 1. The topological polar surface area (TPSA) is 123 Å². The zero-order valence-electron chi connectivity index (χ0n) is 18.4. The smallest absolute Gasteiger partial charge is 0.181 e. The fraction of sp³-hybridized carbons (Fsp3) is 0.208. The number of hydrogen-bond acceptors (Lipinski definition) is 9. The maximum atomic E-state index is 9.45. The van der Waals surface area contributed by atoms with E-state index in [0.29, 0.717) is 34.9 Å². The van der Waals surface area contributed by atoms with E-state index in [1.54, 1.807) is 32.7 Å². The van der Waals surface area contributed by atoms with Gasteiger partial charge in [-0.3, -0.25) is 0 Å². The predicted molar refractivity (Wildman–Crippen MR) is 126 cm³/mol. The fourth-order valence-electron chi connectivity index (χ4n) is 3.81. The van der Waals surface area contributed by atoms with E-state index in [9.17, 15) is 10.2 Å². The number of aromatic amines is 1. The summed E-state index contributed by atoms with van der Waals surface area (Å²) in [4.78, 5) is 16.9. The molecule has 1 aliphatic rings. The molecule has 1 atom stereocenters. The van der Waals surface area contributed by atoms with Crippen LogP contribution in [0.2, 0.25) is 0 Å². The normalized spacial score (nSPS) is 15.7. The quantitative estimate of drug-likeness (QED) is 0.267. The Labute approximate surface area is 199 Å². The van der Waals surface area contributed by atoms with Crippen LogP contribution < -0.4 is 9.47 Å². The van der Waals surface area contributed by atoms with Gasteiger partial charge in [0.2, 0.25) is 0 Å². The molecule has 5 rings (SSSR count). The van der Waals surface area contributed by atoms with Crippen LogP contribution in [0.25, 0.3) is 16.9 Å². The molecule has 0 amide bonds. The number of aliphatic hydroxyl groups is 2. The molecule has 4 aromatic rings. The van der Waals surface area contributed by atoms with Crippen LogP contribution in [0, 0.1) is 0 Å². The van der Waals surface area contributed by atoms with Crippen LogP contribution >= 0.6 is 11.8 Å². The van der Waals surface area contributed by atoms with E-state index in [1.807, 2.05) is 30.3 Å². The number of nitrogens with one attached hydrogen (secondary N) is 1. The number of rotatable bonds is 7. The molecule has 2 aromatic heterocycles. The summed E-state index contributed by atoms with van der Waals surface area (Å²) in [6.45, 7) is 0. The van der Waals surface area contributed by atoms with Crippen molar-refractivity contribution in [3.63, 3.8) is 0 Å². The van der Waals surface area contributed by atoms with E-state index >= 15 is 0 Å². The van der Waals surface area contributed by atoms with E-state index in [1.165, 1.54) is 18.1 Å². The number of thioether (sulfide) groups is 1. The van der Waals surface area contributed by atoms with E-state index in [-0.39, 0.29) is 6.10 Å². The minimum Gasteiger partial charge on any atom is -0.493 e. The van der Waals surface area contributed by atoms with Crippen LogP contribution in [0.5, 0.6) is 11.5 Å². The third-order valence-electron chi connectivity index (χ3n) is 5.54. The van der Waals surface area contributed by atoms with Gasteiger partial charge >= 0.3 is 0 Å². The lowest BCUT2D eigenvalue weighted by atomic mass is 10.1. The Hall–Kier alpha value is -3.60. The highest BCUT2D eigenvalue weighted by Crippen LogP contribution is 2.48. The van der Waals surface area contributed by atoms with Gasteiger partial charge in [-0.25, -0.2) is 15.0 Å². The number of fused-ring (bicyclic) bond motifs is 1. The summed E-state index contributed by atoms with van der Waals surface area (Å²) < 4.78 is 17.3. The van der Waals surface area contributed by atoms with Crippen molar-refractivity contribution >= 4 is 28.7 Å². The minimum absolute atomic E-state index is 0.250. The van der Waals surface area contributed by atoms with Gasteiger partial charge in [-0.05, 0) is 17.7 Å². The number of H-pyrrole nitrogens is 1. The van der Waals surface area contributed by atoms with Crippen molar-refractivity contribution in [2.75, 3.05) is 14.2 Å². The molecule has 1 unspecified atom stereocenters. The van der Waals surface area contributed by atoms with Crippen molar-refractivity contribution in [3.8, 4) is 11.5 Å². The predicted octanol–water partition coefficient (Wildman–Crippen LogP) is 3.98. The monoisotopic (exact) mass is 478 g/mol. The van der Waals surface area contributed by atoms with Gasteiger partial charge < -0.3 is 29.4 Å². The third-order valence-corrected chi connectivity index (χ3v) is 6.64. The molecule has 3 N–H and O–H groups in total. The lowest BCUT2D eigenvalue weighted by molar-refractivity contribution is -0.0424. The van der Waals surface area contributed by atoms with Crippen molar-refractivity contribution < 1.29 is 24.4 Å².